The normalized spacial score (nSPS) is 22.5. The minimum Gasteiger partial charge on any atom is -0.293 e. The van der Waals surface area contributed by atoms with E-state index in [9.17, 15) is 14.9 Å². The molecule has 2 heterocycles. The number of rotatable bonds is 4. The Morgan fingerprint density at radius 2 is 1.58 bits per heavy atom. The molecule has 0 N–H and O–H groups in total. The molecular weight excluding hydrogens is 326 g/mol. The fourth-order valence-electron chi connectivity index (χ4n) is 3.89. The van der Waals surface area contributed by atoms with Crippen LogP contribution in [-0.4, -0.2) is 40.7 Å². The molecule has 5 nitrogen and oxygen atoms in total. The molecule has 2 aromatic rings. The highest BCUT2D eigenvalue weighted by atomic mass is 16.2. The first kappa shape index (κ1) is 16.5. The number of carbonyl (C=O) groups is 2. The molecule has 4 rings (SSSR count). The van der Waals surface area contributed by atoms with Crippen LogP contribution in [0.3, 0.4) is 0 Å². The van der Waals surface area contributed by atoms with Gasteiger partial charge < -0.3 is 0 Å². The van der Waals surface area contributed by atoms with Crippen molar-refractivity contribution in [2.45, 2.75) is 19.0 Å². The molecule has 2 amide bonds. The van der Waals surface area contributed by atoms with E-state index in [0.717, 1.165) is 0 Å². The van der Waals surface area contributed by atoms with E-state index in [1.807, 2.05) is 18.2 Å². The Morgan fingerprint density at radius 3 is 2.19 bits per heavy atom. The molecule has 0 saturated carbocycles. The second-order valence-electron chi connectivity index (χ2n) is 6.90. The monoisotopic (exact) mass is 345 g/mol. The largest absolute Gasteiger partial charge is 0.293 e. The van der Waals surface area contributed by atoms with Crippen molar-refractivity contribution in [3.05, 3.63) is 71.3 Å². The maximum Gasteiger partial charge on any atom is 0.261 e. The van der Waals surface area contributed by atoms with Crippen LogP contribution in [0.25, 0.3) is 0 Å². The molecule has 2 aliphatic heterocycles. The Balaban J connectivity index is 1.53. The third-order valence-corrected chi connectivity index (χ3v) is 5.21. The topological polar surface area (TPSA) is 64.4 Å². The number of likely N-dealkylation sites (tertiary alicyclic amines) is 1. The van der Waals surface area contributed by atoms with E-state index in [0.29, 0.717) is 37.2 Å². The molecule has 0 radical (unpaired) electrons. The summed E-state index contributed by atoms with van der Waals surface area (Å²) in [7, 11) is 0. The van der Waals surface area contributed by atoms with E-state index in [1.165, 1.54) is 10.5 Å². The molecule has 2 aliphatic rings. The van der Waals surface area contributed by atoms with E-state index in [4.69, 9.17) is 0 Å². The lowest BCUT2D eigenvalue weighted by atomic mass is 10.1. The van der Waals surface area contributed by atoms with Gasteiger partial charge in [0.2, 0.25) is 0 Å². The third kappa shape index (κ3) is 2.89. The predicted octanol–water partition coefficient (Wildman–Crippen LogP) is 2.70. The van der Waals surface area contributed by atoms with Crippen molar-refractivity contribution < 1.29 is 9.59 Å². The molecule has 0 aliphatic carbocycles. The standard InChI is InChI=1S/C21H19N3O2/c22-11-16-10-17(23(13-16)12-15-6-2-1-3-7-15)14-24-20(25)18-8-4-5-9-19(18)21(24)26/h1-9,16-17H,10,12-14H2/t16-,17+/m1/s1. The second-order valence-corrected chi connectivity index (χ2v) is 6.90. The molecular formula is C21H19N3O2. The lowest BCUT2D eigenvalue weighted by Crippen LogP contribution is -2.42. The van der Waals surface area contributed by atoms with Gasteiger partial charge in [0.1, 0.15) is 0 Å². The molecule has 5 heteroatoms. The highest BCUT2D eigenvalue weighted by Gasteiger charge is 2.40. The maximum atomic E-state index is 12.6. The van der Waals surface area contributed by atoms with Gasteiger partial charge in [0.05, 0.1) is 23.1 Å². The molecule has 1 fully saturated rings. The Hall–Kier alpha value is -2.97. The van der Waals surface area contributed by atoms with Gasteiger partial charge in [0, 0.05) is 25.7 Å². The van der Waals surface area contributed by atoms with E-state index in [2.05, 4.69) is 23.1 Å². The van der Waals surface area contributed by atoms with Crippen LogP contribution in [0.4, 0.5) is 0 Å². The number of amides is 2. The summed E-state index contributed by atoms with van der Waals surface area (Å²) < 4.78 is 0. The van der Waals surface area contributed by atoms with Crippen LogP contribution in [-0.2, 0) is 6.54 Å². The van der Waals surface area contributed by atoms with Gasteiger partial charge in [-0.05, 0) is 24.1 Å². The zero-order valence-corrected chi connectivity index (χ0v) is 14.3. The van der Waals surface area contributed by atoms with Crippen LogP contribution in [0.15, 0.2) is 54.6 Å². The molecule has 26 heavy (non-hydrogen) atoms. The van der Waals surface area contributed by atoms with Crippen molar-refractivity contribution in [1.82, 2.24) is 9.80 Å². The van der Waals surface area contributed by atoms with Crippen LogP contribution in [0, 0.1) is 17.2 Å². The van der Waals surface area contributed by atoms with Gasteiger partial charge in [-0.25, -0.2) is 0 Å². The molecule has 1 saturated heterocycles. The van der Waals surface area contributed by atoms with Gasteiger partial charge in [-0.2, -0.15) is 5.26 Å². The number of carbonyl (C=O) groups excluding carboxylic acids is 2. The Bertz CT molecular complexity index is 853. The fraction of sp³-hybridized carbons (Fsp3) is 0.286. The highest BCUT2D eigenvalue weighted by molar-refractivity contribution is 6.21. The first-order valence-electron chi connectivity index (χ1n) is 8.80. The smallest absolute Gasteiger partial charge is 0.261 e. The van der Waals surface area contributed by atoms with Crippen LogP contribution in [0.1, 0.15) is 32.7 Å². The molecule has 0 spiro atoms. The summed E-state index contributed by atoms with van der Waals surface area (Å²) in [6, 6.07) is 19.4. The first-order valence-corrected chi connectivity index (χ1v) is 8.80. The molecule has 2 aromatic carbocycles. The third-order valence-electron chi connectivity index (χ3n) is 5.21. The van der Waals surface area contributed by atoms with Crippen molar-refractivity contribution in [1.29, 1.82) is 5.26 Å². The number of fused-ring (bicyclic) bond motifs is 1. The first-order chi connectivity index (χ1) is 12.7. The summed E-state index contributed by atoms with van der Waals surface area (Å²) in [4.78, 5) is 28.8. The highest BCUT2D eigenvalue weighted by Crippen LogP contribution is 2.29. The average molecular weight is 345 g/mol. The summed E-state index contributed by atoms with van der Waals surface area (Å²) >= 11 is 0. The van der Waals surface area contributed by atoms with Gasteiger partial charge in [-0.15, -0.1) is 0 Å². The van der Waals surface area contributed by atoms with Crippen LogP contribution < -0.4 is 0 Å². The molecule has 130 valence electrons. The van der Waals surface area contributed by atoms with Crippen molar-refractivity contribution in [2.24, 2.45) is 5.92 Å². The lowest BCUT2D eigenvalue weighted by molar-refractivity contribution is 0.0607. The van der Waals surface area contributed by atoms with Crippen molar-refractivity contribution in [3.8, 4) is 6.07 Å². The van der Waals surface area contributed by atoms with Crippen LogP contribution >= 0.6 is 0 Å². The molecule has 0 unspecified atom stereocenters. The zero-order chi connectivity index (χ0) is 18.1. The minimum atomic E-state index is -0.231. The van der Waals surface area contributed by atoms with E-state index >= 15 is 0 Å². The predicted molar refractivity (Wildman–Crippen MR) is 96.2 cm³/mol. The van der Waals surface area contributed by atoms with Crippen LogP contribution in [0.5, 0.6) is 0 Å². The van der Waals surface area contributed by atoms with E-state index in [-0.39, 0.29) is 23.8 Å². The Kier molecular flexibility index (Phi) is 4.27. The number of nitriles is 1. The summed E-state index contributed by atoms with van der Waals surface area (Å²) in [5.74, 6) is -0.532. The van der Waals surface area contributed by atoms with Crippen molar-refractivity contribution >= 4 is 11.8 Å². The number of hydrogen-bond donors (Lipinski definition) is 0. The van der Waals surface area contributed by atoms with Gasteiger partial charge in [-0.1, -0.05) is 42.5 Å². The van der Waals surface area contributed by atoms with Gasteiger partial charge >= 0.3 is 0 Å². The number of hydrogen-bond acceptors (Lipinski definition) is 4. The maximum absolute atomic E-state index is 12.6. The molecule has 0 bridgehead atoms. The number of benzene rings is 2. The number of imide groups is 1. The van der Waals surface area contributed by atoms with Gasteiger partial charge in [0.25, 0.3) is 11.8 Å². The summed E-state index contributed by atoms with van der Waals surface area (Å²) in [6.45, 7) is 1.71. The second kappa shape index (κ2) is 6.74. The van der Waals surface area contributed by atoms with Gasteiger partial charge in [0.15, 0.2) is 0 Å². The average Bonchev–Trinajstić information content (AvgIpc) is 3.17. The zero-order valence-electron chi connectivity index (χ0n) is 14.3. The summed E-state index contributed by atoms with van der Waals surface area (Å²) in [5.41, 5.74) is 2.11. The van der Waals surface area contributed by atoms with Crippen molar-refractivity contribution in [3.63, 3.8) is 0 Å². The van der Waals surface area contributed by atoms with Crippen LogP contribution in [0.2, 0.25) is 0 Å². The summed E-state index contributed by atoms with van der Waals surface area (Å²) in [6.07, 6.45) is 0.677. The van der Waals surface area contributed by atoms with Gasteiger partial charge in [-0.3, -0.25) is 19.4 Å². The molecule has 0 aromatic heterocycles. The number of nitrogens with zero attached hydrogens (tertiary/aromatic N) is 3. The lowest BCUT2D eigenvalue weighted by Gasteiger charge is -2.27. The Morgan fingerprint density at radius 1 is 0.962 bits per heavy atom. The van der Waals surface area contributed by atoms with Crippen molar-refractivity contribution in [2.75, 3.05) is 13.1 Å². The molecule has 2 atom stereocenters. The summed E-state index contributed by atoms with van der Waals surface area (Å²) in [5, 5.41) is 9.35. The fourth-order valence-corrected chi connectivity index (χ4v) is 3.89. The Labute approximate surface area is 152 Å². The quantitative estimate of drug-likeness (QED) is 0.799. The van der Waals surface area contributed by atoms with E-state index in [1.54, 1.807) is 24.3 Å². The minimum absolute atomic E-state index is 0.00192. The SMILES string of the molecule is N#C[C@H]1C[C@@H](CN2C(=O)c3ccccc3C2=O)N(Cc2ccccc2)C1. The van der Waals surface area contributed by atoms with E-state index < -0.39 is 0 Å².